The van der Waals surface area contributed by atoms with Gasteiger partial charge in [-0.1, -0.05) is 22.0 Å². The summed E-state index contributed by atoms with van der Waals surface area (Å²) in [5.74, 6) is 0.106. The van der Waals surface area contributed by atoms with E-state index in [1.807, 2.05) is 0 Å². The van der Waals surface area contributed by atoms with Crippen molar-refractivity contribution in [2.45, 2.75) is 12.2 Å². The SMILES string of the molecule is Oc1ccc(C(O)C(O)CBr)cc1Br. The Morgan fingerprint density at radius 1 is 1.29 bits per heavy atom. The third-order valence-electron chi connectivity index (χ3n) is 1.84. The molecule has 0 aromatic heterocycles. The lowest BCUT2D eigenvalue weighted by atomic mass is 10.1. The van der Waals surface area contributed by atoms with E-state index in [1.165, 1.54) is 6.07 Å². The second kappa shape index (κ2) is 5.11. The maximum absolute atomic E-state index is 9.62. The van der Waals surface area contributed by atoms with Crippen LogP contribution in [0.2, 0.25) is 0 Å². The Labute approximate surface area is 98.6 Å². The quantitative estimate of drug-likeness (QED) is 0.744. The van der Waals surface area contributed by atoms with E-state index in [9.17, 15) is 15.3 Å². The van der Waals surface area contributed by atoms with Crippen LogP contribution in [0.15, 0.2) is 22.7 Å². The molecule has 0 heterocycles. The first kappa shape index (κ1) is 12.0. The Morgan fingerprint density at radius 3 is 2.43 bits per heavy atom. The molecule has 1 aromatic carbocycles. The van der Waals surface area contributed by atoms with Crippen LogP contribution in [0, 0.1) is 0 Å². The number of phenols is 1. The number of rotatable bonds is 3. The van der Waals surface area contributed by atoms with Gasteiger partial charge in [-0.3, -0.25) is 0 Å². The molecular weight excluding hydrogens is 316 g/mol. The molecule has 1 rings (SSSR count). The second-order valence-corrected chi connectivity index (χ2v) is 4.38. The van der Waals surface area contributed by atoms with E-state index < -0.39 is 12.2 Å². The first-order valence-corrected chi connectivity index (χ1v) is 5.88. The number of aliphatic hydroxyl groups is 2. The molecule has 3 N–H and O–H groups in total. The number of benzene rings is 1. The van der Waals surface area contributed by atoms with Gasteiger partial charge in [0.2, 0.25) is 0 Å². The molecule has 2 atom stereocenters. The summed E-state index contributed by atoms with van der Waals surface area (Å²) in [6.07, 6.45) is -1.81. The summed E-state index contributed by atoms with van der Waals surface area (Å²) in [6.45, 7) is 0. The summed E-state index contributed by atoms with van der Waals surface area (Å²) in [4.78, 5) is 0. The minimum Gasteiger partial charge on any atom is -0.507 e. The lowest BCUT2D eigenvalue weighted by Crippen LogP contribution is -2.19. The molecule has 3 nitrogen and oxygen atoms in total. The summed E-state index contributed by atoms with van der Waals surface area (Å²) in [7, 11) is 0. The van der Waals surface area contributed by atoms with Crippen LogP contribution in [-0.4, -0.2) is 26.8 Å². The van der Waals surface area contributed by atoms with Crippen molar-refractivity contribution in [2.24, 2.45) is 0 Å². The fourth-order valence-corrected chi connectivity index (χ4v) is 1.76. The maximum Gasteiger partial charge on any atom is 0.129 e. The number of alkyl halides is 1. The van der Waals surface area contributed by atoms with Gasteiger partial charge in [0, 0.05) is 5.33 Å². The van der Waals surface area contributed by atoms with Crippen LogP contribution in [-0.2, 0) is 0 Å². The monoisotopic (exact) mass is 324 g/mol. The van der Waals surface area contributed by atoms with E-state index in [1.54, 1.807) is 12.1 Å². The highest BCUT2D eigenvalue weighted by Crippen LogP contribution is 2.28. The summed E-state index contributed by atoms with van der Waals surface area (Å²) in [5.41, 5.74) is 0.557. The van der Waals surface area contributed by atoms with Gasteiger partial charge in [0.25, 0.3) is 0 Å². The van der Waals surface area contributed by atoms with E-state index in [4.69, 9.17) is 0 Å². The van der Waals surface area contributed by atoms with Crippen molar-refractivity contribution in [1.29, 1.82) is 0 Å². The fourth-order valence-electron chi connectivity index (χ4n) is 1.01. The Balaban J connectivity index is 2.91. The molecule has 0 spiro atoms. The van der Waals surface area contributed by atoms with Gasteiger partial charge >= 0.3 is 0 Å². The number of aliphatic hydroxyl groups excluding tert-OH is 2. The van der Waals surface area contributed by atoms with Crippen LogP contribution in [0.1, 0.15) is 11.7 Å². The number of hydrogen-bond acceptors (Lipinski definition) is 3. The standard InChI is InChI=1S/C9H10Br2O3/c10-4-8(13)9(14)5-1-2-7(12)6(11)3-5/h1-3,8-9,12-14H,4H2. The Morgan fingerprint density at radius 2 is 1.93 bits per heavy atom. The molecule has 0 saturated heterocycles. The normalized spacial score (nSPS) is 15.1. The van der Waals surface area contributed by atoms with Gasteiger partial charge in [0.15, 0.2) is 0 Å². The van der Waals surface area contributed by atoms with Crippen LogP contribution in [0.4, 0.5) is 0 Å². The predicted molar refractivity (Wildman–Crippen MR) is 60.6 cm³/mol. The zero-order chi connectivity index (χ0) is 10.7. The molecule has 0 aliphatic carbocycles. The molecule has 1 aromatic rings. The lowest BCUT2D eigenvalue weighted by molar-refractivity contribution is 0.0342. The number of hydrogen-bond donors (Lipinski definition) is 3. The molecule has 5 heteroatoms. The van der Waals surface area contributed by atoms with Crippen molar-refractivity contribution < 1.29 is 15.3 Å². The van der Waals surface area contributed by atoms with E-state index in [-0.39, 0.29) is 5.75 Å². The van der Waals surface area contributed by atoms with E-state index in [0.717, 1.165) is 0 Å². The lowest BCUT2D eigenvalue weighted by Gasteiger charge is -2.16. The van der Waals surface area contributed by atoms with Crippen molar-refractivity contribution in [3.63, 3.8) is 0 Å². The topological polar surface area (TPSA) is 60.7 Å². The fraction of sp³-hybridized carbons (Fsp3) is 0.333. The zero-order valence-corrected chi connectivity index (χ0v) is 10.4. The van der Waals surface area contributed by atoms with Gasteiger partial charge in [-0.15, -0.1) is 0 Å². The molecule has 14 heavy (non-hydrogen) atoms. The molecule has 0 fully saturated rings. The maximum atomic E-state index is 9.62. The summed E-state index contributed by atoms with van der Waals surface area (Å²) in [5, 5.41) is 28.5. The van der Waals surface area contributed by atoms with Crippen LogP contribution in [0.5, 0.6) is 5.75 Å². The third kappa shape index (κ3) is 2.70. The highest BCUT2D eigenvalue weighted by molar-refractivity contribution is 9.10. The first-order chi connectivity index (χ1) is 6.56. The van der Waals surface area contributed by atoms with Gasteiger partial charge in [0.05, 0.1) is 10.6 Å². The zero-order valence-electron chi connectivity index (χ0n) is 7.19. The average molecular weight is 326 g/mol. The van der Waals surface area contributed by atoms with Crippen LogP contribution < -0.4 is 0 Å². The van der Waals surface area contributed by atoms with Crippen molar-refractivity contribution in [2.75, 3.05) is 5.33 Å². The highest BCUT2D eigenvalue weighted by Gasteiger charge is 2.17. The molecule has 0 aliphatic rings. The van der Waals surface area contributed by atoms with E-state index >= 15 is 0 Å². The Bertz CT molecular complexity index is 317. The second-order valence-electron chi connectivity index (χ2n) is 2.88. The van der Waals surface area contributed by atoms with Crippen LogP contribution in [0.3, 0.4) is 0 Å². The smallest absolute Gasteiger partial charge is 0.129 e. The van der Waals surface area contributed by atoms with Crippen LogP contribution >= 0.6 is 31.9 Å². The minimum absolute atomic E-state index is 0.106. The Hall–Kier alpha value is -0.100. The largest absolute Gasteiger partial charge is 0.507 e. The summed E-state index contributed by atoms with van der Waals surface area (Å²) >= 11 is 6.21. The minimum atomic E-state index is -0.953. The predicted octanol–water partition coefficient (Wildman–Crippen LogP) is 1.94. The number of phenolic OH excluding ortho intramolecular Hbond substituents is 1. The highest BCUT2D eigenvalue weighted by atomic mass is 79.9. The average Bonchev–Trinajstić information content (AvgIpc) is 2.20. The summed E-state index contributed by atoms with van der Waals surface area (Å²) < 4.78 is 0.496. The van der Waals surface area contributed by atoms with Crippen molar-refractivity contribution in [3.05, 3.63) is 28.2 Å². The van der Waals surface area contributed by atoms with Gasteiger partial charge in [-0.2, -0.15) is 0 Å². The molecule has 0 amide bonds. The third-order valence-corrected chi connectivity index (χ3v) is 3.13. The molecule has 0 aliphatic heterocycles. The molecule has 0 bridgehead atoms. The molecule has 2 unspecified atom stereocenters. The van der Waals surface area contributed by atoms with E-state index in [2.05, 4.69) is 31.9 Å². The van der Waals surface area contributed by atoms with Crippen molar-refractivity contribution >= 4 is 31.9 Å². The molecule has 0 radical (unpaired) electrons. The van der Waals surface area contributed by atoms with Gasteiger partial charge < -0.3 is 15.3 Å². The van der Waals surface area contributed by atoms with E-state index in [0.29, 0.717) is 15.4 Å². The van der Waals surface area contributed by atoms with Crippen molar-refractivity contribution in [3.8, 4) is 5.75 Å². The first-order valence-electron chi connectivity index (χ1n) is 3.96. The van der Waals surface area contributed by atoms with Gasteiger partial charge in [-0.05, 0) is 33.6 Å². The molecule has 78 valence electrons. The Kier molecular flexibility index (Phi) is 4.37. The molecular formula is C9H10Br2O3. The van der Waals surface area contributed by atoms with Crippen molar-refractivity contribution in [1.82, 2.24) is 0 Å². The molecule has 0 saturated carbocycles. The number of aromatic hydroxyl groups is 1. The number of halogens is 2. The van der Waals surface area contributed by atoms with Crippen LogP contribution in [0.25, 0.3) is 0 Å². The van der Waals surface area contributed by atoms with Gasteiger partial charge in [0.1, 0.15) is 11.9 Å². The summed E-state index contributed by atoms with van der Waals surface area (Å²) in [6, 6.07) is 4.60. The van der Waals surface area contributed by atoms with Gasteiger partial charge in [-0.25, -0.2) is 0 Å².